The molecule has 1 heterocycles. The first-order valence-electron chi connectivity index (χ1n) is 22.9. The first kappa shape index (κ1) is 39.1. The normalized spacial score (nSPS) is 11.5. The van der Waals surface area contributed by atoms with Crippen LogP contribution in [0.4, 0.5) is 0 Å². The van der Waals surface area contributed by atoms with Gasteiger partial charge in [-0.3, -0.25) is 0 Å². The Balaban J connectivity index is 0.841. The zero-order chi connectivity index (χ0) is 45.1. The van der Waals surface area contributed by atoms with Crippen molar-refractivity contribution in [3.63, 3.8) is 0 Å². The largest absolute Gasteiger partial charge is 0.208 e. The number of hydrogen-bond donors (Lipinski definition) is 0. The number of nitrogens with zero attached hydrogens (tertiary/aromatic N) is 4. The molecule has 1 aliphatic carbocycles. The average Bonchev–Trinajstić information content (AvgIpc) is 3.74. The summed E-state index contributed by atoms with van der Waals surface area (Å²) in [5, 5.41) is 17.6. The van der Waals surface area contributed by atoms with E-state index in [1.165, 1.54) is 65.7 Å². The van der Waals surface area contributed by atoms with E-state index in [1.807, 2.05) is 42.5 Å². The predicted octanol–water partition coefficient (Wildman–Crippen LogP) is 16.5. The molecule has 4 nitrogen and oxygen atoms in total. The molecule has 314 valence electrons. The molecule has 12 aromatic rings. The quantitative estimate of drug-likeness (QED) is 0.150. The van der Waals surface area contributed by atoms with E-state index in [1.54, 1.807) is 0 Å². The Bertz CT molecular complexity index is 4010. The lowest BCUT2D eigenvalue weighted by molar-refractivity contribution is 1.07. The van der Waals surface area contributed by atoms with E-state index in [2.05, 4.69) is 194 Å². The van der Waals surface area contributed by atoms with Crippen LogP contribution < -0.4 is 0 Å². The molecule has 0 saturated carbocycles. The summed E-state index contributed by atoms with van der Waals surface area (Å²) >= 11 is 0. The lowest BCUT2D eigenvalue weighted by Gasteiger charge is -2.14. The standard InChI is InChI=1S/C64H38N4/c65-39-40-22-33-53(49-16-6-15-48(37-49)41-23-25-43(26-24-41)52-18-9-19-54-51-17-5-4-10-42(51)31-34-55(52)54)59(36-40)44-27-29-47(30-28-44)63-66-62(46-11-2-1-3-12-46)67-64(68-63)50-32-35-56-57-20-7-13-45-14-8-21-58(61(45)57)60(56)38-50/h1-38H. The van der Waals surface area contributed by atoms with Crippen LogP contribution in [-0.2, 0) is 0 Å². The fourth-order valence-corrected chi connectivity index (χ4v) is 10.2. The first-order chi connectivity index (χ1) is 33.6. The molecule has 68 heavy (non-hydrogen) atoms. The summed E-state index contributed by atoms with van der Waals surface area (Å²) in [5.74, 6) is 1.82. The smallest absolute Gasteiger partial charge is 0.164 e. The van der Waals surface area contributed by atoms with Crippen LogP contribution in [0.5, 0.6) is 0 Å². The van der Waals surface area contributed by atoms with Gasteiger partial charge in [-0.05, 0) is 123 Å². The third-order valence-corrected chi connectivity index (χ3v) is 13.5. The van der Waals surface area contributed by atoms with Crippen LogP contribution in [0.25, 0.3) is 133 Å². The first-order valence-corrected chi connectivity index (χ1v) is 22.9. The zero-order valence-electron chi connectivity index (χ0n) is 36.7. The molecule has 0 fully saturated rings. The molecular weight excluding hydrogens is 825 g/mol. The van der Waals surface area contributed by atoms with Crippen molar-refractivity contribution >= 4 is 32.3 Å². The van der Waals surface area contributed by atoms with E-state index in [0.717, 1.165) is 50.1 Å². The van der Waals surface area contributed by atoms with Gasteiger partial charge in [-0.1, -0.05) is 206 Å². The maximum Gasteiger partial charge on any atom is 0.164 e. The molecule has 0 unspecified atom stereocenters. The van der Waals surface area contributed by atoms with Gasteiger partial charge in [0, 0.05) is 16.7 Å². The SMILES string of the molecule is N#Cc1ccc(-c2cccc(-c3ccc(-c4cccc5c4ccc4ccccc45)cc3)c2)c(-c2ccc(-c3nc(-c4ccccc4)nc(-c4ccc5c(c4)-c4cccc6cccc-5c46)n3)cc2)c1. The van der Waals surface area contributed by atoms with Gasteiger partial charge in [0.1, 0.15) is 0 Å². The van der Waals surface area contributed by atoms with Crippen LogP contribution in [0, 0.1) is 11.3 Å². The van der Waals surface area contributed by atoms with Gasteiger partial charge in [0.2, 0.25) is 0 Å². The van der Waals surface area contributed by atoms with Crippen molar-refractivity contribution in [3.05, 3.63) is 236 Å². The third-order valence-electron chi connectivity index (χ3n) is 13.5. The van der Waals surface area contributed by atoms with Crippen molar-refractivity contribution in [2.24, 2.45) is 0 Å². The minimum absolute atomic E-state index is 0.588. The molecule has 1 aliphatic rings. The fourth-order valence-electron chi connectivity index (χ4n) is 10.2. The number of rotatable bonds is 7. The van der Waals surface area contributed by atoms with Gasteiger partial charge >= 0.3 is 0 Å². The number of fused-ring (bicyclic) bond motifs is 6. The average molecular weight is 863 g/mol. The van der Waals surface area contributed by atoms with Gasteiger partial charge in [0.05, 0.1) is 11.6 Å². The van der Waals surface area contributed by atoms with E-state index in [9.17, 15) is 5.26 Å². The van der Waals surface area contributed by atoms with Gasteiger partial charge in [-0.25, -0.2) is 15.0 Å². The second-order valence-electron chi connectivity index (χ2n) is 17.4. The van der Waals surface area contributed by atoms with Crippen LogP contribution in [-0.4, -0.2) is 15.0 Å². The fraction of sp³-hybridized carbons (Fsp3) is 0. The summed E-state index contributed by atoms with van der Waals surface area (Å²) in [5.41, 5.74) is 16.9. The molecule has 1 aromatic heterocycles. The Kier molecular flexibility index (Phi) is 9.20. The Morgan fingerprint density at radius 2 is 0.809 bits per heavy atom. The van der Waals surface area contributed by atoms with Crippen LogP contribution in [0.15, 0.2) is 231 Å². The molecule has 0 aliphatic heterocycles. The molecule has 4 heteroatoms. The highest BCUT2D eigenvalue weighted by Gasteiger charge is 2.23. The van der Waals surface area contributed by atoms with Gasteiger partial charge in [0.25, 0.3) is 0 Å². The van der Waals surface area contributed by atoms with Crippen molar-refractivity contribution in [1.82, 2.24) is 15.0 Å². The van der Waals surface area contributed by atoms with E-state index in [-0.39, 0.29) is 0 Å². The number of nitriles is 1. The highest BCUT2D eigenvalue weighted by molar-refractivity contribution is 6.16. The van der Waals surface area contributed by atoms with Crippen molar-refractivity contribution in [3.8, 4) is 107 Å². The molecule has 0 amide bonds. The molecular formula is C64H38N4. The minimum Gasteiger partial charge on any atom is -0.208 e. The lowest BCUT2D eigenvalue weighted by Crippen LogP contribution is -2.00. The van der Waals surface area contributed by atoms with Crippen molar-refractivity contribution in [1.29, 1.82) is 5.26 Å². The number of benzene rings is 11. The molecule has 0 radical (unpaired) electrons. The second-order valence-corrected chi connectivity index (χ2v) is 17.4. The van der Waals surface area contributed by atoms with Crippen LogP contribution in [0.1, 0.15) is 5.56 Å². The molecule has 0 spiro atoms. The summed E-state index contributed by atoms with van der Waals surface area (Å²) in [6.07, 6.45) is 0. The van der Waals surface area contributed by atoms with E-state index < -0.39 is 0 Å². The molecule has 0 atom stereocenters. The highest BCUT2D eigenvalue weighted by atomic mass is 15.0. The van der Waals surface area contributed by atoms with Gasteiger partial charge < -0.3 is 0 Å². The maximum absolute atomic E-state index is 10.1. The summed E-state index contributed by atoms with van der Waals surface area (Å²) in [6, 6.07) is 83.5. The van der Waals surface area contributed by atoms with Crippen molar-refractivity contribution in [2.45, 2.75) is 0 Å². The van der Waals surface area contributed by atoms with Crippen molar-refractivity contribution < 1.29 is 0 Å². The second kappa shape index (κ2) is 16.0. The monoisotopic (exact) mass is 862 g/mol. The lowest BCUT2D eigenvalue weighted by atomic mass is 9.90. The highest BCUT2D eigenvalue weighted by Crippen LogP contribution is 2.48. The van der Waals surface area contributed by atoms with Crippen LogP contribution in [0.2, 0.25) is 0 Å². The summed E-state index contributed by atoms with van der Waals surface area (Å²) < 4.78 is 0. The van der Waals surface area contributed by atoms with E-state index >= 15 is 0 Å². The topological polar surface area (TPSA) is 62.5 Å². The summed E-state index contributed by atoms with van der Waals surface area (Å²) in [4.78, 5) is 15.3. The van der Waals surface area contributed by atoms with E-state index in [4.69, 9.17) is 15.0 Å². The van der Waals surface area contributed by atoms with E-state index in [0.29, 0.717) is 23.0 Å². The zero-order valence-corrected chi connectivity index (χ0v) is 36.7. The Morgan fingerprint density at radius 1 is 0.265 bits per heavy atom. The van der Waals surface area contributed by atoms with Gasteiger partial charge in [0.15, 0.2) is 17.5 Å². The Hall–Kier alpha value is -9.30. The van der Waals surface area contributed by atoms with Crippen LogP contribution >= 0.6 is 0 Å². The van der Waals surface area contributed by atoms with Crippen molar-refractivity contribution in [2.75, 3.05) is 0 Å². The summed E-state index contributed by atoms with van der Waals surface area (Å²) in [7, 11) is 0. The number of aromatic nitrogens is 3. The Morgan fingerprint density at radius 3 is 1.59 bits per heavy atom. The molecule has 0 bridgehead atoms. The summed E-state index contributed by atoms with van der Waals surface area (Å²) in [6.45, 7) is 0. The molecule has 0 saturated heterocycles. The molecule has 11 aromatic carbocycles. The molecule has 13 rings (SSSR count). The molecule has 0 N–H and O–H groups in total. The third kappa shape index (κ3) is 6.65. The minimum atomic E-state index is 0.588. The van der Waals surface area contributed by atoms with Crippen LogP contribution in [0.3, 0.4) is 0 Å². The van der Waals surface area contributed by atoms with Gasteiger partial charge in [-0.2, -0.15) is 5.26 Å². The predicted molar refractivity (Wildman–Crippen MR) is 280 cm³/mol. The Labute approximate surface area is 393 Å². The van der Waals surface area contributed by atoms with Gasteiger partial charge in [-0.15, -0.1) is 0 Å². The number of hydrogen-bond acceptors (Lipinski definition) is 4. The maximum atomic E-state index is 10.1.